The second-order valence-corrected chi connectivity index (χ2v) is 7.26. The summed E-state index contributed by atoms with van der Waals surface area (Å²) in [5.74, 6) is -0.648. The third-order valence-electron chi connectivity index (χ3n) is 4.90. The predicted octanol–water partition coefficient (Wildman–Crippen LogP) is 3.74. The van der Waals surface area contributed by atoms with Crippen molar-refractivity contribution in [2.75, 3.05) is 0 Å². The number of hydrogen-bond donors (Lipinski definition) is 1. The van der Waals surface area contributed by atoms with Crippen molar-refractivity contribution in [3.05, 3.63) is 46.5 Å². The Hall–Kier alpha value is -2.47. The summed E-state index contributed by atoms with van der Waals surface area (Å²) in [6, 6.07) is 6.24. The molecular formula is C19H18ClFN3O2+. The molecule has 1 fully saturated rings. The first-order chi connectivity index (χ1) is 12.4. The largest absolute Gasteiger partial charge is 0.475 e. The van der Waals surface area contributed by atoms with Gasteiger partial charge in [-0.05, 0) is 49.9 Å². The minimum absolute atomic E-state index is 0.0175. The van der Waals surface area contributed by atoms with Crippen LogP contribution in [0.3, 0.4) is 0 Å². The standard InChI is InChI=1S/C19H17ClFN3O2/c1-10-7-13-16(19(25)26)22-17(12-5-6-14(20)15(21)8-12)23(2)18(13)24(10)9-11-3-4-11/h5-8,11H,3-4,9H2,1-2H3/p+1. The molecule has 0 bridgehead atoms. The van der Waals surface area contributed by atoms with E-state index in [9.17, 15) is 14.3 Å². The Labute approximate surface area is 154 Å². The van der Waals surface area contributed by atoms with Crippen molar-refractivity contribution in [3.63, 3.8) is 0 Å². The molecule has 4 rings (SSSR count). The lowest BCUT2D eigenvalue weighted by Crippen LogP contribution is -2.36. The predicted molar refractivity (Wildman–Crippen MR) is 95.7 cm³/mol. The summed E-state index contributed by atoms with van der Waals surface area (Å²) in [5.41, 5.74) is 2.23. The fourth-order valence-corrected chi connectivity index (χ4v) is 3.50. The Kier molecular flexibility index (Phi) is 3.95. The maximum absolute atomic E-state index is 13.9. The van der Waals surface area contributed by atoms with E-state index in [1.165, 1.54) is 25.0 Å². The monoisotopic (exact) mass is 374 g/mol. The lowest BCUT2D eigenvalue weighted by Gasteiger charge is -2.09. The van der Waals surface area contributed by atoms with Crippen molar-refractivity contribution in [1.82, 2.24) is 9.55 Å². The van der Waals surface area contributed by atoms with E-state index in [1.54, 1.807) is 6.07 Å². The summed E-state index contributed by atoms with van der Waals surface area (Å²) in [6.45, 7) is 2.82. The van der Waals surface area contributed by atoms with Crippen LogP contribution in [0.2, 0.25) is 5.02 Å². The number of benzene rings is 1. The minimum atomic E-state index is -1.10. The van der Waals surface area contributed by atoms with Crippen LogP contribution in [0.15, 0.2) is 24.3 Å². The summed E-state index contributed by atoms with van der Waals surface area (Å²) in [4.78, 5) is 16.1. The molecule has 0 saturated heterocycles. The molecule has 1 saturated carbocycles. The molecule has 1 aliphatic carbocycles. The molecule has 0 amide bonds. The molecule has 2 heterocycles. The van der Waals surface area contributed by atoms with Crippen molar-refractivity contribution < 1.29 is 18.9 Å². The molecule has 1 aliphatic rings. The van der Waals surface area contributed by atoms with E-state index in [4.69, 9.17) is 11.6 Å². The third-order valence-corrected chi connectivity index (χ3v) is 5.21. The quantitative estimate of drug-likeness (QED) is 0.708. The van der Waals surface area contributed by atoms with Gasteiger partial charge in [-0.15, -0.1) is 0 Å². The molecule has 1 N–H and O–H groups in total. The Bertz CT molecular complexity index is 1060. The first kappa shape index (κ1) is 17.0. The molecule has 134 valence electrons. The molecule has 0 atom stereocenters. The molecular weight excluding hydrogens is 357 g/mol. The van der Waals surface area contributed by atoms with Crippen LogP contribution in [0.4, 0.5) is 4.39 Å². The molecule has 0 radical (unpaired) electrons. The molecule has 0 unspecified atom stereocenters. The molecule has 26 heavy (non-hydrogen) atoms. The van der Waals surface area contributed by atoms with Gasteiger partial charge in [0.25, 0.3) is 5.82 Å². The summed E-state index contributed by atoms with van der Waals surface area (Å²) in [6.07, 6.45) is 2.38. The van der Waals surface area contributed by atoms with Gasteiger partial charge >= 0.3 is 5.97 Å². The Morgan fingerprint density at radius 3 is 2.77 bits per heavy atom. The zero-order valence-corrected chi connectivity index (χ0v) is 15.2. The van der Waals surface area contributed by atoms with Gasteiger partial charge in [-0.25, -0.2) is 13.8 Å². The van der Waals surface area contributed by atoms with Crippen molar-refractivity contribution in [2.24, 2.45) is 13.0 Å². The molecule has 0 spiro atoms. The Morgan fingerprint density at radius 1 is 1.42 bits per heavy atom. The van der Waals surface area contributed by atoms with Crippen molar-refractivity contribution in [2.45, 2.75) is 26.3 Å². The smallest absolute Gasteiger partial charge is 0.372 e. The zero-order valence-electron chi connectivity index (χ0n) is 14.5. The molecule has 0 aliphatic heterocycles. The van der Waals surface area contributed by atoms with Crippen LogP contribution < -0.4 is 4.57 Å². The van der Waals surface area contributed by atoms with Gasteiger partial charge in [-0.3, -0.25) is 4.57 Å². The number of nitrogens with zero attached hydrogens (tertiary/aromatic N) is 3. The first-order valence-corrected chi connectivity index (χ1v) is 8.83. The number of carboxylic acids is 1. The maximum Gasteiger partial charge on any atom is 0.372 e. The number of aromatic nitrogens is 3. The van der Waals surface area contributed by atoms with E-state index < -0.39 is 11.8 Å². The fraction of sp³-hybridized carbons (Fsp3) is 0.316. The van der Waals surface area contributed by atoms with E-state index in [-0.39, 0.29) is 10.7 Å². The molecule has 1 aromatic carbocycles. The highest BCUT2D eigenvalue weighted by molar-refractivity contribution is 6.30. The van der Waals surface area contributed by atoms with Crippen molar-refractivity contribution >= 4 is 28.6 Å². The molecule has 7 heteroatoms. The second kappa shape index (κ2) is 6.06. The van der Waals surface area contributed by atoms with E-state index in [2.05, 4.69) is 9.55 Å². The van der Waals surface area contributed by atoms with Crippen molar-refractivity contribution in [3.8, 4) is 11.4 Å². The highest BCUT2D eigenvalue weighted by Gasteiger charge is 2.31. The Morgan fingerprint density at radius 2 is 2.15 bits per heavy atom. The SMILES string of the molecule is Cc1cc2c(C(=O)O)nc(-c3ccc(Cl)c(F)c3)[n+](C)c2n1CC1CC1. The summed E-state index contributed by atoms with van der Waals surface area (Å²) in [7, 11) is 1.83. The van der Waals surface area contributed by atoms with Gasteiger partial charge in [0.05, 0.1) is 29.9 Å². The van der Waals surface area contributed by atoms with Crippen molar-refractivity contribution in [1.29, 1.82) is 0 Å². The van der Waals surface area contributed by atoms with Crippen LogP contribution in [0.1, 0.15) is 29.0 Å². The van der Waals surface area contributed by atoms with Gasteiger partial charge in [0, 0.05) is 0 Å². The normalized spacial score (nSPS) is 14.2. The number of hydrogen-bond acceptors (Lipinski definition) is 2. The van der Waals surface area contributed by atoms with E-state index >= 15 is 0 Å². The summed E-state index contributed by atoms with van der Waals surface area (Å²) in [5, 5.41) is 10.3. The van der Waals surface area contributed by atoms with Crippen LogP contribution in [0.5, 0.6) is 0 Å². The number of halogens is 2. The number of fused-ring (bicyclic) bond motifs is 1. The Balaban J connectivity index is 2.02. The van der Waals surface area contributed by atoms with Crippen LogP contribution in [-0.2, 0) is 13.6 Å². The molecule has 2 aromatic heterocycles. The number of carboxylic acid groups (broad SMARTS) is 1. The van der Waals surface area contributed by atoms with Gasteiger partial charge in [0.1, 0.15) is 11.2 Å². The summed E-state index contributed by atoms with van der Waals surface area (Å²) < 4.78 is 17.9. The molecule has 3 aromatic rings. The zero-order chi connectivity index (χ0) is 18.6. The van der Waals surface area contributed by atoms with E-state index in [0.29, 0.717) is 22.7 Å². The van der Waals surface area contributed by atoms with E-state index in [0.717, 1.165) is 17.9 Å². The maximum atomic E-state index is 13.9. The van der Waals surface area contributed by atoms with Crippen LogP contribution >= 0.6 is 11.6 Å². The van der Waals surface area contributed by atoms with Gasteiger partial charge in [0.2, 0.25) is 11.3 Å². The number of aromatic carboxylic acids is 1. The average Bonchev–Trinajstić information content (AvgIpc) is 3.34. The van der Waals surface area contributed by atoms with Crippen LogP contribution in [0, 0.1) is 18.7 Å². The topological polar surface area (TPSA) is 59.0 Å². The van der Waals surface area contributed by atoms with Gasteiger partial charge in [-0.1, -0.05) is 16.6 Å². The van der Waals surface area contributed by atoms with Crippen LogP contribution in [-0.4, -0.2) is 20.6 Å². The summed E-state index contributed by atoms with van der Waals surface area (Å²) >= 11 is 5.78. The highest BCUT2D eigenvalue weighted by atomic mass is 35.5. The minimum Gasteiger partial charge on any atom is -0.475 e. The highest BCUT2D eigenvalue weighted by Crippen LogP contribution is 2.33. The molecule has 5 nitrogen and oxygen atoms in total. The van der Waals surface area contributed by atoms with Gasteiger partial charge in [0.15, 0.2) is 0 Å². The first-order valence-electron chi connectivity index (χ1n) is 8.45. The van der Waals surface area contributed by atoms with E-state index in [1.807, 2.05) is 24.6 Å². The number of rotatable bonds is 4. The lowest BCUT2D eigenvalue weighted by atomic mass is 10.1. The second-order valence-electron chi connectivity index (χ2n) is 6.85. The third kappa shape index (κ3) is 2.74. The number of carbonyl (C=O) groups is 1. The fourth-order valence-electron chi connectivity index (χ4n) is 3.39. The lowest BCUT2D eigenvalue weighted by molar-refractivity contribution is -0.639. The van der Waals surface area contributed by atoms with Gasteiger partial charge in [-0.2, -0.15) is 0 Å². The average molecular weight is 375 g/mol. The van der Waals surface area contributed by atoms with Crippen LogP contribution in [0.25, 0.3) is 22.4 Å². The number of aryl methyl sites for hydroxylation is 2. The van der Waals surface area contributed by atoms with Gasteiger partial charge < -0.3 is 5.11 Å².